The Morgan fingerprint density at radius 2 is 2.36 bits per heavy atom. The highest BCUT2D eigenvalue weighted by atomic mass is 16.6. The van der Waals surface area contributed by atoms with Gasteiger partial charge in [-0.1, -0.05) is 0 Å². The summed E-state index contributed by atoms with van der Waals surface area (Å²) in [6, 6.07) is 0. The van der Waals surface area contributed by atoms with E-state index in [4.69, 9.17) is 9.47 Å². The van der Waals surface area contributed by atoms with Crippen molar-refractivity contribution in [3.05, 3.63) is 23.2 Å². The van der Waals surface area contributed by atoms with Crippen LogP contribution in [0.25, 0.3) is 0 Å². The molecule has 2 aliphatic heterocycles. The van der Waals surface area contributed by atoms with Gasteiger partial charge in [0.1, 0.15) is 6.26 Å². The van der Waals surface area contributed by atoms with Gasteiger partial charge in [-0.05, 0) is 6.92 Å². The number of rotatable bonds is 0. The standard InChI is InChI=1S/C8H8O3/c1-5-6-2-3-10-4-7(6)11-8(5)9/h4H,2-3H2,1H3. The second-order valence-electron chi connectivity index (χ2n) is 2.60. The summed E-state index contributed by atoms with van der Waals surface area (Å²) < 4.78 is 9.91. The van der Waals surface area contributed by atoms with E-state index in [1.807, 2.05) is 0 Å². The smallest absolute Gasteiger partial charge is 0.339 e. The molecule has 2 rings (SSSR count). The maximum absolute atomic E-state index is 11.0. The number of carbonyl (C=O) groups is 1. The van der Waals surface area contributed by atoms with Crippen molar-refractivity contribution < 1.29 is 14.3 Å². The molecule has 0 aliphatic carbocycles. The van der Waals surface area contributed by atoms with Gasteiger partial charge in [-0.3, -0.25) is 0 Å². The Hall–Kier alpha value is -1.25. The fraction of sp³-hybridized carbons (Fsp3) is 0.375. The molecule has 0 N–H and O–H groups in total. The van der Waals surface area contributed by atoms with Gasteiger partial charge in [0.2, 0.25) is 0 Å². The fourth-order valence-electron chi connectivity index (χ4n) is 1.25. The minimum Gasteiger partial charge on any atom is -0.497 e. The average molecular weight is 152 g/mol. The summed E-state index contributed by atoms with van der Waals surface area (Å²) in [5.41, 5.74) is 1.72. The molecule has 3 nitrogen and oxygen atoms in total. The van der Waals surface area contributed by atoms with Crippen molar-refractivity contribution in [1.29, 1.82) is 0 Å². The van der Waals surface area contributed by atoms with Gasteiger partial charge in [-0.2, -0.15) is 0 Å². The quantitative estimate of drug-likeness (QED) is 0.488. The van der Waals surface area contributed by atoms with Crippen molar-refractivity contribution >= 4 is 5.97 Å². The highest BCUT2D eigenvalue weighted by molar-refractivity contribution is 5.93. The number of allylic oxidation sites excluding steroid dienone is 1. The van der Waals surface area contributed by atoms with Crippen LogP contribution in [0.15, 0.2) is 23.2 Å². The lowest BCUT2D eigenvalue weighted by Crippen LogP contribution is -2.01. The van der Waals surface area contributed by atoms with E-state index in [-0.39, 0.29) is 5.97 Å². The first kappa shape index (κ1) is 6.46. The monoisotopic (exact) mass is 152 g/mol. The van der Waals surface area contributed by atoms with E-state index in [9.17, 15) is 4.79 Å². The molecule has 0 unspecified atom stereocenters. The predicted molar refractivity (Wildman–Crippen MR) is 37.4 cm³/mol. The lowest BCUT2D eigenvalue weighted by molar-refractivity contribution is -0.133. The topological polar surface area (TPSA) is 35.5 Å². The maximum Gasteiger partial charge on any atom is 0.339 e. The zero-order valence-electron chi connectivity index (χ0n) is 6.22. The van der Waals surface area contributed by atoms with Crippen LogP contribution in [0.5, 0.6) is 0 Å². The molecule has 3 heteroatoms. The summed E-state index contributed by atoms with van der Waals surface area (Å²) in [4.78, 5) is 11.0. The molecule has 0 fully saturated rings. The maximum atomic E-state index is 11.0. The van der Waals surface area contributed by atoms with Crippen LogP contribution in [-0.4, -0.2) is 12.6 Å². The van der Waals surface area contributed by atoms with E-state index < -0.39 is 0 Å². The molecule has 0 atom stereocenters. The Bertz CT molecular complexity index is 273. The van der Waals surface area contributed by atoms with Gasteiger partial charge in [0.25, 0.3) is 0 Å². The normalized spacial score (nSPS) is 22.3. The molecule has 0 spiro atoms. The Morgan fingerprint density at radius 1 is 1.55 bits per heavy atom. The van der Waals surface area contributed by atoms with Gasteiger partial charge >= 0.3 is 5.97 Å². The molecule has 0 aromatic rings. The number of carbonyl (C=O) groups excluding carboxylic acids is 1. The first-order valence-electron chi connectivity index (χ1n) is 3.53. The molecule has 0 saturated carbocycles. The lowest BCUT2D eigenvalue weighted by Gasteiger charge is -2.10. The first-order valence-corrected chi connectivity index (χ1v) is 3.53. The second-order valence-corrected chi connectivity index (χ2v) is 2.60. The van der Waals surface area contributed by atoms with Crippen LogP contribution in [0, 0.1) is 0 Å². The highest BCUT2D eigenvalue weighted by Gasteiger charge is 2.28. The first-order chi connectivity index (χ1) is 5.29. The minimum atomic E-state index is -0.239. The van der Waals surface area contributed by atoms with Crippen molar-refractivity contribution in [2.75, 3.05) is 6.61 Å². The van der Waals surface area contributed by atoms with Crippen LogP contribution in [0.4, 0.5) is 0 Å². The second kappa shape index (κ2) is 2.12. The van der Waals surface area contributed by atoms with E-state index >= 15 is 0 Å². The Balaban J connectivity index is 2.45. The van der Waals surface area contributed by atoms with Crippen molar-refractivity contribution in [2.24, 2.45) is 0 Å². The largest absolute Gasteiger partial charge is 0.497 e. The summed E-state index contributed by atoms with van der Waals surface area (Å²) >= 11 is 0. The van der Waals surface area contributed by atoms with Crippen molar-refractivity contribution in [2.45, 2.75) is 13.3 Å². The van der Waals surface area contributed by atoms with Gasteiger partial charge < -0.3 is 9.47 Å². The van der Waals surface area contributed by atoms with Gasteiger partial charge in [0.15, 0.2) is 5.76 Å². The molecule has 2 heterocycles. The molecule has 58 valence electrons. The lowest BCUT2D eigenvalue weighted by atomic mass is 10.1. The molecule has 0 aromatic carbocycles. The number of esters is 1. The molecule has 11 heavy (non-hydrogen) atoms. The van der Waals surface area contributed by atoms with Crippen molar-refractivity contribution in [3.63, 3.8) is 0 Å². The summed E-state index contributed by atoms with van der Waals surface area (Å²) in [5, 5.41) is 0. The van der Waals surface area contributed by atoms with Gasteiger partial charge in [-0.25, -0.2) is 4.79 Å². The fourth-order valence-corrected chi connectivity index (χ4v) is 1.25. The molecule has 2 aliphatic rings. The predicted octanol–water partition coefficient (Wildman–Crippen LogP) is 1.12. The molecular formula is C8H8O3. The summed E-state index contributed by atoms with van der Waals surface area (Å²) in [7, 11) is 0. The molecule has 0 amide bonds. The van der Waals surface area contributed by atoms with Gasteiger partial charge in [0, 0.05) is 17.6 Å². The van der Waals surface area contributed by atoms with Crippen LogP contribution in [0.3, 0.4) is 0 Å². The van der Waals surface area contributed by atoms with Crippen LogP contribution >= 0.6 is 0 Å². The molecule has 0 radical (unpaired) electrons. The van der Waals surface area contributed by atoms with Crippen LogP contribution < -0.4 is 0 Å². The van der Waals surface area contributed by atoms with E-state index in [1.165, 1.54) is 6.26 Å². The van der Waals surface area contributed by atoms with Gasteiger partial charge in [-0.15, -0.1) is 0 Å². The average Bonchev–Trinajstić information content (AvgIpc) is 2.30. The zero-order valence-corrected chi connectivity index (χ0v) is 6.22. The Kier molecular flexibility index (Phi) is 1.24. The molecular weight excluding hydrogens is 144 g/mol. The summed E-state index contributed by atoms with van der Waals surface area (Å²) in [6.45, 7) is 2.43. The highest BCUT2D eigenvalue weighted by Crippen LogP contribution is 2.30. The zero-order chi connectivity index (χ0) is 7.84. The van der Waals surface area contributed by atoms with Crippen LogP contribution in [-0.2, 0) is 14.3 Å². The minimum absolute atomic E-state index is 0.239. The molecule has 0 bridgehead atoms. The van der Waals surface area contributed by atoms with Crippen molar-refractivity contribution in [1.82, 2.24) is 0 Å². The van der Waals surface area contributed by atoms with Gasteiger partial charge in [0.05, 0.1) is 6.61 Å². The Labute approximate surface area is 64.3 Å². The van der Waals surface area contributed by atoms with E-state index in [0.29, 0.717) is 12.4 Å². The van der Waals surface area contributed by atoms with E-state index in [0.717, 1.165) is 17.6 Å². The number of ether oxygens (including phenoxy) is 2. The number of hydrogen-bond donors (Lipinski definition) is 0. The number of fused-ring (bicyclic) bond motifs is 1. The van der Waals surface area contributed by atoms with E-state index in [1.54, 1.807) is 6.92 Å². The van der Waals surface area contributed by atoms with Crippen molar-refractivity contribution in [3.8, 4) is 0 Å². The summed E-state index contributed by atoms with van der Waals surface area (Å²) in [6.07, 6.45) is 2.29. The molecule has 0 aromatic heterocycles. The molecule has 0 saturated heterocycles. The van der Waals surface area contributed by atoms with Crippen LogP contribution in [0.2, 0.25) is 0 Å². The van der Waals surface area contributed by atoms with Crippen LogP contribution in [0.1, 0.15) is 13.3 Å². The third-order valence-corrected chi connectivity index (χ3v) is 1.92. The third-order valence-electron chi connectivity index (χ3n) is 1.92. The van der Waals surface area contributed by atoms with E-state index in [2.05, 4.69) is 0 Å². The third kappa shape index (κ3) is 0.843. The SMILES string of the molecule is CC1=C2CCOC=C2OC1=O. The number of hydrogen-bond acceptors (Lipinski definition) is 3. The summed E-state index contributed by atoms with van der Waals surface area (Å²) in [5.74, 6) is 0.357. The Morgan fingerprint density at radius 3 is 3.09 bits per heavy atom.